The monoisotopic (exact) mass is 327 g/mol. The molecule has 0 aliphatic carbocycles. The van der Waals surface area contributed by atoms with Crippen molar-refractivity contribution in [3.63, 3.8) is 0 Å². The highest BCUT2D eigenvalue weighted by Gasteiger charge is 2.20. The second kappa shape index (κ2) is 9.81. The van der Waals surface area contributed by atoms with E-state index in [1.54, 1.807) is 0 Å². The van der Waals surface area contributed by atoms with E-state index in [-0.39, 0.29) is 18.5 Å². The molecule has 8 nitrogen and oxygen atoms in total. The van der Waals surface area contributed by atoms with Gasteiger partial charge in [-0.1, -0.05) is 13.3 Å². The van der Waals surface area contributed by atoms with Crippen molar-refractivity contribution in [2.45, 2.75) is 52.0 Å². The van der Waals surface area contributed by atoms with Crippen LogP contribution in [0.4, 0.5) is 4.79 Å². The van der Waals surface area contributed by atoms with Gasteiger partial charge in [-0.25, -0.2) is 4.79 Å². The van der Waals surface area contributed by atoms with Gasteiger partial charge in [0.2, 0.25) is 5.91 Å². The Balaban J connectivity index is 2.28. The average Bonchev–Trinajstić information content (AvgIpc) is 2.70. The quantitative estimate of drug-likeness (QED) is 0.694. The number of imide groups is 1. The highest BCUT2D eigenvalue weighted by molar-refractivity contribution is 5.95. The van der Waals surface area contributed by atoms with Crippen LogP contribution in [0.3, 0.4) is 0 Å². The summed E-state index contributed by atoms with van der Waals surface area (Å²) in [6.07, 6.45) is 3.82. The van der Waals surface area contributed by atoms with Gasteiger partial charge in [-0.05, 0) is 26.2 Å². The summed E-state index contributed by atoms with van der Waals surface area (Å²) < 4.78 is 4.80. The molecule has 0 aromatic heterocycles. The van der Waals surface area contributed by atoms with Crippen molar-refractivity contribution in [1.82, 2.24) is 15.5 Å². The van der Waals surface area contributed by atoms with Crippen LogP contribution >= 0.6 is 0 Å². The summed E-state index contributed by atoms with van der Waals surface area (Å²) in [5.74, 6) is -1.43. The molecule has 0 bridgehead atoms. The Morgan fingerprint density at radius 3 is 2.70 bits per heavy atom. The first kappa shape index (κ1) is 18.9. The number of carbonyl (C=O) groups excluding carboxylic acids is 4. The molecule has 0 aromatic carbocycles. The van der Waals surface area contributed by atoms with Crippen molar-refractivity contribution in [3.05, 3.63) is 0 Å². The van der Waals surface area contributed by atoms with Gasteiger partial charge >= 0.3 is 12.0 Å². The molecule has 1 saturated heterocycles. The molecule has 4 amide bonds. The number of amides is 4. The summed E-state index contributed by atoms with van der Waals surface area (Å²) in [6, 6.07) is -0.678. The van der Waals surface area contributed by atoms with Crippen LogP contribution in [0.5, 0.6) is 0 Å². The molecule has 0 aromatic rings. The summed E-state index contributed by atoms with van der Waals surface area (Å²) in [6.45, 7) is 3.53. The van der Waals surface area contributed by atoms with E-state index in [2.05, 4.69) is 10.6 Å². The zero-order valence-corrected chi connectivity index (χ0v) is 13.7. The molecular formula is C15H25N3O5. The van der Waals surface area contributed by atoms with Crippen molar-refractivity contribution >= 4 is 23.8 Å². The second-order valence-corrected chi connectivity index (χ2v) is 5.62. The normalized spacial score (nSPS) is 16.3. The Labute approximate surface area is 135 Å². The number of hydrogen-bond donors (Lipinski definition) is 2. The Kier molecular flexibility index (Phi) is 8.07. The van der Waals surface area contributed by atoms with Crippen molar-refractivity contribution in [1.29, 1.82) is 0 Å². The predicted octanol–water partition coefficient (Wildman–Crippen LogP) is 0.557. The van der Waals surface area contributed by atoms with Crippen LogP contribution in [0.1, 0.15) is 46.0 Å². The van der Waals surface area contributed by atoms with Gasteiger partial charge in [-0.3, -0.25) is 19.7 Å². The van der Waals surface area contributed by atoms with Crippen molar-refractivity contribution < 1.29 is 23.9 Å². The highest BCUT2D eigenvalue weighted by Crippen LogP contribution is 2.10. The molecule has 0 radical (unpaired) electrons. The topological polar surface area (TPSA) is 105 Å². The van der Waals surface area contributed by atoms with Gasteiger partial charge in [-0.2, -0.15) is 0 Å². The lowest BCUT2D eigenvalue weighted by atomic mass is 10.2. The van der Waals surface area contributed by atoms with E-state index in [1.165, 1.54) is 4.90 Å². The molecule has 1 atom stereocenters. The van der Waals surface area contributed by atoms with E-state index in [0.29, 0.717) is 13.0 Å². The minimum atomic E-state index is -0.707. The first-order valence-electron chi connectivity index (χ1n) is 7.96. The van der Waals surface area contributed by atoms with Crippen LogP contribution in [0.25, 0.3) is 0 Å². The summed E-state index contributed by atoms with van der Waals surface area (Å²) >= 11 is 0. The van der Waals surface area contributed by atoms with Crippen LogP contribution in [0.15, 0.2) is 0 Å². The predicted molar refractivity (Wildman–Crippen MR) is 82.4 cm³/mol. The molecule has 1 rings (SSSR count). The SMILES string of the molecule is CC[C@H](C)NC(=O)NC(=O)COC(=O)CN1CCCCCC1=O. The Morgan fingerprint density at radius 1 is 1.26 bits per heavy atom. The maximum absolute atomic E-state index is 11.8. The smallest absolute Gasteiger partial charge is 0.326 e. The van der Waals surface area contributed by atoms with Gasteiger partial charge in [0.1, 0.15) is 6.54 Å². The molecular weight excluding hydrogens is 302 g/mol. The molecule has 8 heteroatoms. The highest BCUT2D eigenvalue weighted by atomic mass is 16.5. The Bertz CT molecular complexity index is 452. The van der Waals surface area contributed by atoms with Crippen LogP contribution in [0.2, 0.25) is 0 Å². The average molecular weight is 327 g/mol. The molecule has 130 valence electrons. The summed E-state index contributed by atoms with van der Waals surface area (Å²) in [7, 11) is 0. The van der Waals surface area contributed by atoms with E-state index >= 15 is 0 Å². The summed E-state index contributed by atoms with van der Waals surface area (Å²) in [5, 5.41) is 4.64. The van der Waals surface area contributed by atoms with Gasteiger partial charge in [0.25, 0.3) is 5.91 Å². The van der Waals surface area contributed by atoms with Crippen molar-refractivity contribution in [2.24, 2.45) is 0 Å². The number of hydrogen-bond acceptors (Lipinski definition) is 5. The standard InChI is InChI=1S/C15H25N3O5/c1-3-11(2)16-15(22)17-12(19)10-23-14(21)9-18-8-6-4-5-7-13(18)20/h11H,3-10H2,1-2H3,(H2,16,17,19,22)/t11-/m0/s1. The molecule has 0 saturated carbocycles. The lowest BCUT2D eigenvalue weighted by Crippen LogP contribution is -2.45. The largest absolute Gasteiger partial charge is 0.454 e. The molecule has 0 spiro atoms. The van der Waals surface area contributed by atoms with Gasteiger partial charge in [0.15, 0.2) is 6.61 Å². The van der Waals surface area contributed by atoms with E-state index < -0.39 is 24.5 Å². The van der Waals surface area contributed by atoms with Gasteiger partial charge in [0.05, 0.1) is 0 Å². The Morgan fingerprint density at radius 2 is 2.00 bits per heavy atom. The fourth-order valence-electron chi connectivity index (χ4n) is 2.08. The van der Waals surface area contributed by atoms with Crippen LogP contribution < -0.4 is 10.6 Å². The maximum Gasteiger partial charge on any atom is 0.326 e. The number of ether oxygens (including phenoxy) is 1. The lowest BCUT2D eigenvalue weighted by Gasteiger charge is -2.19. The number of likely N-dealkylation sites (tertiary alicyclic amines) is 1. The minimum absolute atomic E-state index is 0.0561. The number of nitrogens with zero attached hydrogens (tertiary/aromatic N) is 1. The number of carbonyl (C=O) groups is 4. The Hall–Kier alpha value is -2.12. The van der Waals surface area contributed by atoms with E-state index in [0.717, 1.165) is 25.7 Å². The summed E-state index contributed by atoms with van der Waals surface area (Å²) in [4.78, 5) is 47.8. The number of urea groups is 1. The second-order valence-electron chi connectivity index (χ2n) is 5.62. The van der Waals surface area contributed by atoms with Crippen LogP contribution in [-0.4, -0.2) is 54.5 Å². The molecule has 1 aliphatic heterocycles. The molecule has 1 aliphatic rings. The summed E-state index contributed by atoms with van der Waals surface area (Å²) in [5.41, 5.74) is 0. The zero-order chi connectivity index (χ0) is 17.2. The molecule has 0 unspecified atom stereocenters. The fraction of sp³-hybridized carbons (Fsp3) is 0.733. The number of rotatable bonds is 6. The first-order chi connectivity index (χ1) is 10.9. The molecule has 1 heterocycles. The number of esters is 1. The van der Waals surface area contributed by atoms with Crippen LogP contribution in [-0.2, 0) is 19.1 Å². The van der Waals surface area contributed by atoms with Crippen molar-refractivity contribution in [2.75, 3.05) is 19.7 Å². The van der Waals surface area contributed by atoms with Gasteiger partial charge in [-0.15, -0.1) is 0 Å². The van der Waals surface area contributed by atoms with E-state index in [4.69, 9.17) is 4.74 Å². The minimum Gasteiger partial charge on any atom is -0.454 e. The third-order valence-corrected chi connectivity index (χ3v) is 3.60. The van der Waals surface area contributed by atoms with E-state index in [9.17, 15) is 19.2 Å². The van der Waals surface area contributed by atoms with Gasteiger partial charge < -0.3 is 15.0 Å². The fourth-order valence-corrected chi connectivity index (χ4v) is 2.08. The zero-order valence-electron chi connectivity index (χ0n) is 13.7. The van der Waals surface area contributed by atoms with Crippen LogP contribution in [0, 0.1) is 0 Å². The lowest BCUT2D eigenvalue weighted by molar-refractivity contribution is -0.152. The molecule has 2 N–H and O–H groups in total. The molecule has 1 fully saturated rings. The first-order valence-corrected chi connectivity index (χ1v) is 7.96. The third-order valence-electron chi connectivity index (χ3n) is 3.60. The maximum atomic E-state index is 11.8. The van der Waals surface area contributed by atoms with Gasteiger partial charge in [0, 0.05) is 19.0 Å². The molecule has 23 heavy (non-hydrogen) atoms. The van der Waals surface area contributed by atoms with E-state index in [1.807, 2.05) is 13.8 Å². The number of nitrogens with one attached hydrogen (secondary N) is 2. The third kappa shape index (κ3) is 7.62. The van der Waals surface area contributed by atoms with Crippen molar-refractivity contribution in [3.8, 4) is 0 Å².